The Hall–Kier alpha value is -2.86. The van der Waals surface area contributed by atoms with E-state index in [0.717, 1.165) is 79.9 Å². The van der Waals surface area contributed by atoms with Crippen LogP contribution in [-0.4, -0.2) is 43.2 Å². The third-order valence-corrected chi connectivity index (χ3v) is 7.20. The predicted octanol–water partition coefficient (Wildman–Crippen LogP) is 5.78. The fourth-order valence-electron chi connectivity index (χ4n) is 5.23. The topological polar surface area (TPSA) is 41.7 Å². The first-order chi connectivity index (χ1) is 16.7. The molecule has 0 bridgehead atoms. The van der Waals surface area contributed by atoms with Gasteiger partial charge in [0.15, 0.2) is 5.89 Å². The number of benzene rings is 2. The fourth-order valence-corrected chi connectivity index (χ4v) is 5.23. The molecule has 0 unspecified atom stereocenters. The number of rotatable bonds is 7. The Balaban J connectivity index is 1.30. The fraction of sp³-hybridized carbons (Fsp3) is 0.464. The van der Waals surface area contributed by atoms with Crippen molar-refractivity contribution in [2.45, 2.75) is 51.0 Å². The molecule has 2 heterocycles. The molecule has 0 radical (unpaired) electrons. The molecule has 0 amide bonds. The Morgan fingerprint density at radius 1 is 0.971 bits per heavy atom. The van der Waals surface area contributed by atoms with Gasteiger partial charge in [0.05, 0.1) is 25.0 Å². The van der Waals surface area contributed by atoms with Gasteiger partial charge in [-0.3, -0.25) is 4.90 Å². The van der Waals surface area contributed by atoms with Crippen LogP contribution in [0.4, 0.5) is 10.1 Å². The van der Waals surface area contributed by atoms with E-state index in [4.69, 9.17) is 14.1 Å². The Bertz CT molecular complexity index is 1070. The molecule has 0 N–H and O–H groups in total. The number of anilines is 1. The minimum absolute atomic E-state index is 0.208. The first-order valence-electron chi connectivity index (χ1n) is 12.5. The number of ether oxygens (including phenoxy) is 1. The molecule has 1 aliphatic carbocycles. The molecule has 1 saturated heterocycles. The second-order valence-electron chi connectivity index (χ2n) is 9.50. The lowest BCUT2D eigenvalue weighted by molar-refractivity contribution is 0.224. The molecule has 1 aliphatic heterocycles. The summed E-state index contributed by atoms with van der Waals surface area (Å²) in [5.74, 6) is 3.01. The maximum atomic E-state index is 13.4. The smallest absolute Gasteiger partial charge is 0.197 e. The van der Waals surface area contributed by atoms with Crippen LogP contribution in [0.2, 0.25) is 0 Å². The van der Waals surface area contributed by atoms with Crippen molar-refractivity contribution >= 4 is 5.69 Å². The van der Waals surface area contributed by atoms with E-state index in [-0.39, 0.29) is 5.82 Å². The standard InChI is InChI=1S/C28H34FN3O2/c1-33-26-10-6-5-9-25(26)32-17-15-31(16-18-32)20-27-24(19-21-11-13-23(29)14-12-21)30-28(34-27)22-7-3-2-4-8-22/h5-6,9-14,22H,2-4,7-8,15-20H2,1H3. The molecule has 2 aliphatic rings. The van der Waals surface area contributed by atoms with E-state index >= 15 is 0 Å². The van der Waals surface area contributed by atoms with Gasteiger partial charge in [0.2, 0.25) is 0 Å². The van der Waals surface area contributed by atoms with Crippen LogP contribution in [0, 0.1) is 5.82 Å². The Kier molecular flexibility index (Phi) is 7.14. The zero-order chi connectivity index (χ0) is 23.3. The molecule has 5 nitrogen and oxygen atoms in total. The molecular formula is C28H34FN3O2. The van der Waals surface area contributed by atoms with E-state index in [0.29, 0.717) is 12.3 Å². The van der Waals surface area contributed by atoms with Gasteiger partial charge >= 0.3 is 0 Å². The van der Waals surface area contributed by atoms with Crippen LogP contribution in [0.1, 0.15) is 60.9 Å². The molecule has 1 aromatic heterocycles. The maximum Gasteiger partial charge on any atom is 0.197 e. The average Bonchev–Trinajstić information content (AvgIpc) is 3.28. The molecule has 0 atom stereocenters. The summed E-state index contributed by atoms with van der Waals surface area (Å²) in [5.41, 5.74) is 3.22. The van der Waals surface area contributed by atoms with E-state index < -0.39 is 0 Å². The first kappa shape index (κ1) is 22.9. The summed E-state index contributed by atoms with van der Waals surface area (Å²) < 4.78 is 25.4. The molecule has 2 fully saturated rings. The number of hydrogen-bond donors (Lipinski definition) is 0. The SMILES string of the molecule is COc1ccccc1N1CCN(Cc2oc(C3CCCCC3)nc2Cc2ccc(F)cc2)CC1. The van der Waals surface area contributed by atoms with E-state index in [1.54, 1.807) is 7.11 Å². The van der Waals surface area contributed by atoms with Crippen LogP contribution in [-0.2, 0) is 13.0 Å². The summed E-state index contributed by atoms with van der Waals surface area (Å²) in [7, 11) is 1.73. The highest BCUT2D eigenvalue weighted by Crippen LogP contribution is 2.34. The van der Waals surface area contributed by atoms with Crippen molar-refractivity contribution in [1.82, 2.24) is 9.88 Å². The number of piperazine rings is 1. The van der Waals surface area contributed by atoms with Crippen molar-refractivity contribution in [3.8, 4) is 5.75 Å². The number of hydrogen-bond acceptors (Lipinski definition) is 5. The van der Waals surface area contributed by atoms with E-state index in [1.807, 2.05) is 24.3 Å². The summed E-state index contributed by atoms with van der Waals surface area (Å²) in [6.07, 6.45) is 6.80. The number of para-hydroxylation sites is 2. The van der Waals surface area contributed by atoms with Gasteiger partial charge < -0.3 is 14.1 Å². The largest absolute Gasteiger partial charge is 0.495 e. The molecule has 1 saturated carbocycles. The molecular weight excluding hydrogens is 429 g/mol. The van der Waals surface area contributed by atoms with Gasteiger partial charge in [-0.2, -0.15) is 0 Å². The molecule has 5 rings (SSSR count). The van der Waals surface area contributed by atoms with Crippen molar-refractivity contribution in [2.24, 2.45) is 0 Å². The van der Waals surface area contributed by atoms with E-state index in [9.17, 15) is 4.39 Å². The van der Waals surface area contributed by atoms with Crippen molar-refractivity contribution in [3.63, 3.8) is 0 Å². The van der Waals surface area contributed by atoms with Crippen molar-refractivity contribution in [3.05, 3.63) is 77.3 Å². The normalized spacial score (nSPS) is 17.8. The Labute approximate surface area is 201 Å². The van der Waals surface area contributed by atoms with Gasteiger partial charge in [0, 0.05) is 38.5 Å². The Morgan fingerprint density at radius 3 is 2.44 bits per heavy atom. The summed E-state index contributed by atoms with van der Waals surface area (Å²) >= 11 is 0. The summed E-state index contributed by atoms with van der Waals surface area (Å²) in [4.78, 5) is 9.83. The minimum Gasteiger partial charge on any atom is -0.495 e. The number of methoxy groups -OCH3 is 1. The highest BCUT2D eigenvalue weighted by Gasteiger charge is 2.26. The average molecular weight is 464 g/mol. The monoisotopic (exact) mass is 463 g/mol. The second kappa shape index (κ2) is 10.6. The first-order valence-corrected chi connectivity index (χ1v) is 12.5. The van der Waals surface area contributed by atoms with E-state index in [1.165, 1.54) is 31.4 Å². The minimum atomic E-state index is -0.208. The van der Waals surface area contributed by atoms with Gasteiger partial charge in [0.25, 0.3) is 0 Å². The molecule has 34 heavy (non-hydrogen) atoms. The zero-order valence-electron chi connectivity index (χ0n) is 20.0. The van der Waals surface area contributed by atoms with Crippen LogP contribution in [0.25, 0.3) is 0 Å². The lowest BCUT2D eigenvalue weighted by atomic mass is 9.89. The zero-order valence-corrected chi connectivity index (χ0v) is 20.0. The molecule has 2 aromatic carbocycles. The molecule has 0 spiro atoms. The van der Waals surface area contributed by atoms with Gasteiger partial charge in [-0.05, 0) is 42.7 Å². The molecule has 6 heteroatoms. The highest BCUT2D eigenvalue weighted by atomic mass is 19.1. The molecule has 3 aromatic rings. The van der Waals surface area contributed by atoms with Crippen molar-refractivity contribution < 1.29 is 13.5 Å². The lowest BCUT2D eigenvalue weighted by Gasteiger charge is -2.36. The number of halogens is 1. The maximum absolute atomic E-state index is 13.4. The van der Waals surface area contributed by atoms with Gasteiger partial charge in [-0.25, -0.2) is 9.37 Å². The van der Waals surface area contributed by atoms with Crippen molar-refractivity contribution in [1.29, 1.82) is 0 Å². The van der Waals surface area contributed by atoms with E-state index in [2.05, 4.69) is 21.9 Å². The molecule has 180 valence electrons. The third-order valence-electron chi connectivity index (χ3n) is 7.20. The summed E-state index contributed by atoms with van der Waals surface area (Å²) in [6, 6.07) is 15.0. The van der Waals surface area contributed by atoms with Gasteiger partial charge in [-0.1, -0.05) is 43.5 Å². The van der Waals surface area contributed by atoms with Crippen LogP contribution in [0.3, 0.4) is 0 Å². The van der Waals surface area contributed by atoms with Gasteiger partial charge in [-0.15, -0.1) is 0 Å². The number of aromatic nitrogens is 1. The third kappa shape index (κ3) is 5.27. The summed E-state index contributed by atoms with van der Waals surface area (Å²) in [5, 5.41) is 0. The lowest BCUT2D eigenvalue weighted by Crippen LogP contribution is -2.46. The van der Waals surface area contributed by atoms with Crippen molar-refractivity contribution in [2.75, 3.05) is 38.2 Å². The van der Waals surface area contributed by atoms with Crippen LogP contribution in [0.5, 0.6) is 5.75 Å². The number of oxazole rings is 1. The van der Waals surface area contributed by atoms with Crippen LogP contribution < -0.4 is 9.64 Å². The quantitative estimate of drug-likeness (QED) is 0.444. The second-order valence-corrected chi connectivity index (χ2v) is 9.50. The highest BCUT2D eigenvalue weighted by molar-refractivity contribution is 5.58. The number of nitrogens with zero attached hydrogens (tertiary/aromatic N) is 3. The summed E-state index contributed by atoms with van der Waals surface area (Å²) in [6.45, 7) is 4.55. The predicted molar refractivity (Wildman–Crippen MR) is 132 cm³/mol. The van der Waals surface area contributed by atoms with Crippen LogP contribution in [0.15, 0.2) is 52.9 Å². The Morgan fingerprint density at radius 2 is 1.71 bits per heavy atom. The van der Waals surface area contributed by atoms with Crippen LogP contribution >= 0.6 is 0 Å². The van der Waals surface area contributed by atoms with Gasteiger partial charge in [0.1, 0.15) is 17.3 Å².